The van der Waals surface area contributed by atoms with Crippen LogP contribution in [0.15, 0.2) is 511 Å². The van der Waals surface area contributed by atoms with Crippen molar-refractivity contribution < 1.29 is 5.11 Å². The molecule has 29 rings (SSSR count). The number of anilines is 3. The highest BCUT2D eigenvalue weighted by molar-refractivity contribution is 9.11. The maximum absolute atomic E-state index is 12.9. The Balaban J connectivity index is 0.000000112. The number of nitrogens with zero attached hydrogens (tertiary/aromatic N) is 2. The first-order valence-electron chi connectivity index (χ1n) is 50.5. The second-order valence-electron chi connectivity index (χ2n) is 41.2. The van der Waals surface area contributed by atoms with Gasteiger partial charge in [0.15, 0.2) is 0 Å². The second-order valence-corrected chi connectivity index (χ2v) is 56.9. The minimum absolute atomic E-state index is 0. The highest BCUT2D eigenvalue weighted by atomic mass is 79.9. The Morgan fingerprint density at radius 3 is 1.11 bits per heavy atom. The van der Waals surface area contributed by atoms with Gasteiger partial charge in [-0.15, -0.1) is 0 Å². The predicted molar refractivity (Wildman–Crippen MR) is 643 cm³/mol. The van der Waals surface area contributed by atoms with Gasteiger partial charge in [0.2, 0.25) is 0 Å². The minimum Gasteiger partial charge on any atom is -0.376 e. The summed E-state index contributed by atoms with van der Waals surface area (Å²) in [6.07, 6.45) is 0. The molecular formula is C138H105Br3N2OSi3. The molecule has 1 N–H and O–H groups in total. The number of para-hydroxylation sites is 2. The molecule has 4 heterocycles. The van der Waals surface area contributed by atoms with Crippen molar-refractivity contribution in [2.45, 2.75) is 63.1 Å². The summed E-state index contributed by atoms with van der Waals surface area (Å²) in [6, 6.07) is 183. The maximum Gasteiger partial charge on any atom is 0.140 e. The first-order chi connectivity index (χ1) is 71.3. The van der Waals surface area contributed by atoms with Gasteiger partial charge in [-0.05, 0) is 265 Å². The van der Waals surface area contributed by atoms with E-state index in [0.29, 0.717) is 0 Å². The van der Waals surface area contributed by atoms with Gasteiger partial charge < -0.3 is 14.6 Å². The predicted octanol–water partition coefficient (Wildman–Crippen LogP) is 33.8. The van der Waals surface area contributed by atoms with E-state index < -0.39 is 35.2 Å². The number of benzene rings is 23. The van der Waals surface area contributed by atoms with Crippen LogP contribution in [0.5, 0.6) is 0 Å². The largest absolute Gasteiger partial charge is 0.376 e. The molecule has 3 unspecified atom stereocenters. The van der Waals surface area contributed by atoms with Crippen molar-refractivity contribution in [2.24, 2.45) is 0 Å². The quantitative estimate of drug-likeness (QED) is 0.161. The van der Waals surface area contributed by atoms with Gasteiger partial charge in [-0.25, -0.2) is 0 Å². The topological polar surface area (TPSA) is 28.4 Å². The van der Waals surface area contributed by atoms with Crippen LogP contribution >= 0.6 is 47.8 Å². The van der Waals surface area contributed by atoms with Crippen molar-refractivity contribution in [3.8, 4) is 50.2 Å². The van der Waals surface area contributed by atoms with E-state index in [-0.39, 0.29) is 12.8 Å². The number of aliphatic hydroxyl groups is 1. The van der Waals surface area contributed by atoms with E-state index >= 15 is 0 Å². The van der Waals surface area contributed by atoms with Crippen LogP contribution in [-0.2, 0) is 16.4 Å². The fourth-order valence-electron chi connectivity index (χ4n) is 26.1. The molecule has 24 aromatic rings. The van der Waals surface area contributed by atoms with Crippen molar-refractivity contribution in [1.29, 1.82) is 0 Å². The van der Waals surface area contributed by atoms with Gasteiger partial charge in [-0.3, -0.25) is 0 Å². The molecule has 1 aromatic heterocycles. The summed E-state index contributed by atoms with van der Waals surface area (Å²) in [4.78, 5) is 2.50. The van der Waals surface area contributed by atoms with Crippen LogP contribution in [-0.4, -0.2) is 33.9 Å². The van der Waals surface area contributed by atoms with Crippen molar-refractivity contribution in [2.75, 3.05) is 4.90 Å². The summed E-state index contributed by atoms with van der Waals surface area (Å²) in [7, 11) is -6.23. The lowest BCUT2D eigenvalue weighted by molar-refractivity contribution is 0.128. The van der Waals surface area contributed by atoms with Crippen LogP contribution in [0, 0.1) is 0 Å². The zero-order valence-electron chi connectivity index (χ0n) is 81.8. The molecule has 2 aliphatic carbocycles. The van der Waals surface area contributed by atoms with E-state index in [1.165, 1.54) is 179 Å². The van der Waals surface area contributed by atoms with Gasteiger partial charge in [0, 0.05) is 57.9 Å². The molecule has 0 fully saturated rings. The summed E-state index contributed by atoms with van der Waals surface area (Å²) < 4.78 is 5.79. The standard InChI is InChI=1S/C59H42N2Si.C31H25BrOSi.C31H23BrSi.C16H11Br.CH4/c1-62(2)56-29-13-11-26-51(56)59(50-25-10-8-22-46(50)49-24-14-18-40-19-15-27-53(59)58(40)49)52-35-33-45(38-57(52)62)60(43-31-30-39-16-6-7-17-41(39)36-43)44-32-34-48-47-23-9-12-28-54(47)61(55(48)37-44)42-20-4-3-5-21-42;1-34(2)28-17-7-6-15-25(28)31(33,26-19-18-23(32)20-29(26)34)27-16-9-13-22-12-8-14-24(30(22)27)21-10-4-3-5-11-21;1-33(2)28-16-6-5-14-25(28)31(26-18-17-21(32)19-29(26)33)24-13-4-3-11-22(24)23-12-7-9-20-10-8-15-27(31)30(20)23;17-15-11-5-9-13-8-4-10-14(16(13)15)12-6-2-1-3-7-12;/h3-38H,1-2H3;3-20,33H,1-2H3;3-19H,1-2H3;1-11H;1H4. The molecule has 0 saturated heterocycles. The SMILES string of the molecule is Brc1cccc2cccc(-c3ccccc3)c12.C.C[Si]1(C)c2ccccc2C(O)(c2cccc3cccc(-c4ccccc4)c23)c2ccc(Br)cc21.C[Si]1(C)c2ccccc2C2(c3ccccc3-c3cccc4cccc2c34)c2ccc(Br)cc21.C[Si]1(C)c2ccccc2C2(c3ccccc3-c3cccc4cccc2c34)c2ccc(N(c3ccc4ccccc4c3)c3ccc4c5ccccc5n(-c5ccccc5)c4c3)cc21. The lowest BCUT2D eigenvalue weighted by Crippen LogP contribution is -2.63. The summed E-state index contributed by atoms with van der Waals surface area (Å²) in [5.41, 5.74) is 29.3. The lowest BCUT2D eigenvalue weighted by Gasteiger charge is -2.50. The van der Waals surface area contributed by atoms with Crippen molar-refractivity contribution in [3.63, 3.8) is 0 Å². The molecule has 2 spiro atoms. The average Bonchev–Trinajstić information content (AvgIpc) is 1.03. The van der Waals surface area contributed by atoms with Gasteiger partial charge in [-0.2, -0.15) is 0 Å². The van der Waals surface area contributed by atoms with Crippen molar-refractivity contribution in [3.05, 3.63) is 572 Å². The Bertz CT molecular complexity index is 9440. The number of hydrogen-bond acceptors (Lipinski definition) is 2. The number of hydrogen-bond donors (Lipinski definition) is 1. The number of aromatic nitrogens is 1. The normalized spacial score (nSPS) is 16.4. The molecular weight excluding hydrogens is 2030 g/mol. The molecule has 5 aliphatic rings. The fraction of sp³-hybridized carbons (Fsp3) is 0.0725. The molecule has 0 radical (unpaired) electrons. The third-order valence-electron chi connectivity index (χ3n) is 32.5. The molecule has 3 aliphatic heterocycles. The van der Waals surface area contributed by atoms with Crippen LogP contribution in [0.3, 0.4) is 0 Å². The molecule has 0 saturated carbocycles. The molecule has 23 aromatic carbocycles. The number of halogens is 3. The smallest absolute Gasteiger partial charge is 0.140 e. The molecule has 706 valence electrons. The van der Waals surface area contributed by atoms with Gasteiger partial charge in [-0.1, -0.05) is 507 Å². The molecule has 0 amide bonds. The third-order valence-corrected chi connectivity index (χ3v) is 44.8. The summed E-state index contributed by atoms with van der Waals surface area (Å²) in [5.74, 6) is 0. The van der Waals surface area contributed by atoms with Gasteiger partial charge in [0.05, 0.1) is 21.9 Å². The lowest BCUT2D eigenvalue weighted by atomic mass is 9.59. The van der Waals surface area contributed by atoms with Gasteiger partial charge >= 0.3 is 0 Å². The third kappa shape index (κ3) is 14.4. The van der Waals surface area contributed by atoms with Gasteiger partial charge in [0.1, 0.15) is 29.8 Å². The Kier molecular flexibility index (Phi) is 23.0. The fourth-order valence-corrected chi connectivity index (χ4v) is 37.4. The Morgan fingerprint density at radius 1 is 0.224 bits per heavy atom. The van der Waals surface area contributed by atoms with Crippen LogP contribution in [0.4, 0.5) is 17.1 Å². The van der Waals surface area contributed by atoms with Crippen LogP contribution in [0.25, 0.3) is 126 Å². The monoisotopic (exact) mass is 2130 g/mol. The molecule has 147 heavy (non-hydrogen) atoms. The van der Waals surface area contributed by atoms with E-state index in [1.54, 1.807) is 5.19 Å². The Morgan fingerprint density at radius 2 is 0.558 bits per heavy atom. The minimum atomic E-state index is -2.31. The highest BCUT2D eigenvalue weighted by Gasteiger charge is 2.56. The first-order valence-corrected chi connectivity index (χ1v) is 61.9. The zero-order valence-corrected chi connectivity index (χ0v) is 89.6. The van der Waals surface area contributed by atoms with E-state index in [2.05, 4.69) is 582 Å². The van der Waals surface area contributed by atoms with Gasteiger partial charge in [0.25, 0.3) is 0 Å². The number of rotatable bonds is 7. The summed E-state index contributed by atoms with van der Waals surface area (Å²) >= 11 is 11.1. The second kappa shape index (κ2) is 36.3. The Hall–Kier alpha value is -15.0. The van der Waals surface area contributed by atoms with E-state index in [4.69, 9.17) is 0 Å². The zero-order chi connectivity index (χ0) is 98.7. The van der Waals surface area contributed by atoms with Crippen LogP contribution in [0.1, 0.15) is 68.6 Å². The molecule has 0 bridgehead atoms. The molecule has 3 nitrogen and oxygen atoms in total. The first kappa shape index (κ1) is 93.1. The summed E-state index contributed by atoms with van der Waals surface area (Å²) in [6.45, 7) is 14.9. The van der Waals surface area contributed by atoms with E-state index in [0.717, 1.165) is 64.6 Å². The maximum atomic E-state index is 12.9. The van der Waals surface area contributed by atoms with Crippen LogP contribution in [0.2, 0.25) is 39.3 Å². The summed E-state index contributed by atoms with van der Waals surface area (Å²) in [5, 5.41) is 36.7. The number of fused-ring (bicyclic) bond motifs is 24. The van der Waals surface area contributed by atoms with E-state index in [1.807, 2.05) is 12.1 Å². The average molecular weight is 2130 g/mol. The Labute approximate surface area is 887 Å². The van der Waals surface area contributed by atoms with Crippen molar-refractivity contribution >= 4 is 196 Å². The molecule has 3 atom stereocenters. The van der Waals surface area contributed by atoms with E-state index in [9.17, 15) is 5.11 Å². The van der Waals surface area contributed by atoms with Crippen LogP contribution < -0.4 is 36.0 Å². The molecule has 9 heteroatoms. The van der Waals surface area contributed by atoms with Crippen molar-refractivity contribution in [1.82, 2.24) is 4.57 Å². The highest BCUT2D eigenvalue weighted by Crippen LogP contribution is 2.60.